The second-order valence-corrected chi connectivity index (χ2v) is 9.79. The van der Waals surface area contributed by atoms with Crippen molar-refractivity contribution < 1.29 is 18.7 Å². The number of nitrogens with zero attached hydrogens (tertiary/aromatic N) is 2. The summed E-state index contributed by atoms with van der Waals surface area (Å²) in [6, 6.07) is 3.89. The molecule has 1 atom stereocenters. The topological polar surface area (TPSA) is 87.9 Å². The highest BCUT2D eigenvalue weighted by Crippen LogP contribution is 2.30. The fourth-order valence-electron chi connectivity index (χ4n) is 4.12. The number of anilines is 2. The Labute approximate surface area is 184 Å². The average molecular weight is 435 g/mol. The van der Waals surface area contributed by atoms with Gasteiger partial charge in [0.1, 0.15) is 18.5 Å². The van der Waals surface area contributed by atoms with E-state index in [0.717, 1.165) is 13.1 Å². The highest BCUT2D eigenvalue weighted by Gasteiger charge is 2.32. The van der Waals surface area contributed by atoms with E-state index in [9.17, 15) is 14.0 Å². The Morgan fingerprint density at radius 2 is 2.13 bits per heavy atom. The largest absolute Gasteiger partial charge is 0.370 e. The monoisotopic (exact) mass is 434 g/mol. The molecule has 172 valence electrons. The quantitative estimate of drug-likeness (QED) is 0.657. The molecule has 1 aromatic carbocycles. The smallest absolute Gasteiger partial charge is 0.253 e. The summed E-state index contributed by atoms with van der Waals surface area (Å²) in [6.07, 6.45) is 3.59. The number of morpholine rings is 1. The number of hydrogen-bond acceptors (Lipinski definition) is 5. The van der Waals surface area contributed by atoms with Crippen LogP contribution in [0.15, 0.2) is 18.2 Å². The van der Waals surface area contributed by atoms with Gasteiger partial charge < -0.3 is 20.7 Å². The lowest BCUT2D eigenvalue weighted by Crippen LogP contribution is -2.53. The van der Waals surface area contributed by atoms with Crippen LogP contribution in [-0.2, 0) is 14.3 Å². The zero-order valence-electron chi connectivity index (χ0n) is 18.8. The summed E-state index contributed by atoms with van der Waals surface area (Å²) in [6.45, 7) is 8.91. The maximum Gasteiger partial charge on any atom is 0.253 e. The first-order valence-corrected chi connectivity index (χ1v) is 11.1. The minimum Gasteiger partial charge on any atom is -0.370 e. The maximum atomic E-state index is 14.8. The molecule has 3 rings (SSSR count). The summed E-state index contributed by atoms with van der Waals surface area (Å²) in [7, 11) is 0. The third-order valence-corrected chi connectivity index (χ3v) is 5.87. The number of nitrogens with one attached hydrogen (secondary N) is 1. The van der Waals surface area contributed by atoms with E-state index in [1.165, 1.54) is 36.3 Å². The van der Waals surface area contributed by atoms with Crippen molar-refractivity contribution in [1.82, 2.24) is 4.90 Å². The first-order valence-electron chi connectivity index (χ1n) is 11.1. The van der Waals surface area contributed by atoms with E-state index in [1.807, 2.05) is 0 Å². The van der Waals surface area contributed by atoms with Gasteiger partial charge in [-0.2, -0.15) is 0 Å². The second-order valence-electron chi connectivity index (χ2n) is 9.79. The minimum absolute atomic E-state index is 0.00897. The van der Waals surface area contributed by atoms with E-state index < -0.39 is 11.9 Å². The number of carbonyl (C=O) groups is 2. The van der Waals surface area contributed by atoms with Crippen molar-refractivity contribution in [1.29, 1.82) is 0 Å². The van der Waals surface area contributed by atoms with Gasteiger partial charge in [0.2, 0.25) is 5.91 Å². The van der Waals surface area contributed by atoms with Crippen LogP contribution in [0.4, 0.5) is 15.8 Å². The van der Waals surface area contributed by atoms with Crippen LogP contribution in [0, 0.1) is 17.2 Å². The van der Waals surface area contributed by atoms with Crippen LogP contribution < -0.4 is 16.0 Å². The van der Waals surface area contributed by atoms with E-state index in [2.05, 4.69) is 31.0 Å². The standard InChI is InChI=1S/C23H35FN4O3/c1-23(2,3)15-27(13-16-5-4-6-16)20(12-25)22(30)26-19-8-7-17(11-18(19)24)28-9-10-31-14-21(28)29/h7-8,11,16,20H,4-6,9-10,12-15,25H2,1-3H3,(H,26,30)/t20-/m0/s1. The Hall–Kier alpha value is -2.03. The summed E-state index contributed by atoms with van der Waals surface area (Å²) in [5.41, 5.74) is 6.56. The van der Waals surface area contributed by atoms with Crippen molar-refractivity contribution in [2.75, 3.05) is 49.6 Å². The van der Waals surface area contributed by atoms with Crippen LogP contribution in [0.3, 0.4) is 0 Å². The normalized spacial score (nSPS) is 18.8. The van der Waals surface area contributed by atoms with E-state index in [1.54, 1.807) is 6.07 Å². The third-order valence-electron chi connectivity index (χ3n) is 5.87. The van der Waals surface area contributed by atoms with Crippen molar-refractivity contribution in [3.63, 3.8) is 0 Å². The van der Waals surface area contributed by atoms with Crippen molar-refractivity contribution >= 4 is 23.2 Å². The molecular formula is C23H35FN4O3. The number of halogens is 1. The van der Waals surface area contributed by atoms with E-state index in [-0.39, 0.29) is 36.1 Å². The van der Waals surface area contributed by atoms with E-state index >= 15 is 0 Å². The van der Waals surface area contributed by atoms with Gasteiger partial charge in [-0.1, -0.05) is 27.2 Å². The summed E-state index contributed by atoms with van der Waals surface area (Å²) in [4.78, 5) is 28.7. The Morgan fingerprint density at radius 1 is 1.39 bits per heavy atom. The molecule has 31 heavy (non-hydrogen) atoms. The number of benzene rings is 1. The first-order chi connectivity index (χ1) is 14.7. The molecule has 1 aromatic rings. The fourth-order valence-corrected chi connectivity index (χ4v) is 4.12. The predicted molar refractivity (Wildman–Crippen MR) is 119 cm³/mol. The van der Waals surface area contributed by atoms with Crippen molar-refractivity contribution in [3.05, 3.63) is 24.0 Å². The van der Waals surface area contributed by atoms with Gasteiger partial charge in [0.05, 0.1) is 12.3 Å². The molecule has 2 amide bonds. The van der Waals surface area contributed by atoms with Gasteiger partial charge in [-0.3, -0.25) is 14.5 Å². The second kappa shape index (κ2) is 10.1. The van der Waals surface area contributed by atoms with E-state index in [4.69, 9.17) is 10.5 Å². The van der Waals surface area contributed by atoms with Gasteiger partial charge in [-0.05, 0) is 42.4 Å². The van der Waals surface area contributed by atoms with Crippen LogP contribution in [0.25, 0.3) is 0 Å². The molecule has 1 saturated heterocycles. The molecule has 0 aromatic heterocycles. The lowest BCUT2D eigenvalue weighted by atomic mass is 9.84. The van der Waals surface area contributed by atoms with E-state index in [0.29, 0.717) is 24.8 Å². The molecule has 0 bridgehead atoms. The lowest BCUT2D eigenvalue weighted by Gasteiger charge is -2.39. The molecular weight excluding hydrogens is 399 g/mol. The molecule has 3 N–H and O–H groups in total. The van der Waals surface area contributed by atoms with Crippen LogP contribution in [0.1, 0.15) is 40.0 Å². The third kappa shape index (κ3) is 6.24. The van der Waals surface area contributed by atoms with Crippen molar-refractivity contribution in [2.45, 2.75) is 46.1 Å². The van der Waals surface area contributed by atoms with Gasteiger partial charge in [-0.25, -0.2) is 4.39 Å². The van der Waals surface area contributed by atoms with Crippen molar-refractivity contribution in [3.8, 4) is 0 Å². The fraction of sp³-hybridized carbons (Fsp3) is 0.652. The van der Waals surface area contributed by atoms with Gasteiger partial charge >= 0.3 is 0 Å². The Morgan fingerprint density at radius 3 is 2.68 bits per heavy atom. The van der Waals surface area contributed by atoms with Gasteiger partial charge in [0.15, 0.2) is 0 Å². The molecule has 1 aliphatic heterocycles. The number of nitrogens with two attached hydrogens (primary N) is 1. The SMILES string of the molecule is CC(C)(C)CN(CC1CCC1)[C@@H](CN)C(=O)Nc1ccc(N2CCOCC2=O)cc1F. The molecule has 2 fully saturated rings. The molecule has 2 aliphatic rings. The van der Waals surface area contributed by atoms with Crippen LogP contribution >= 0.6 is 0 Å². The maximum absolute atomic E-state index is 14.8. The molecule has 1 aliphatic carbocycles. The number of ether oxygens (including phenoxy) is 1. The Kier molecular flexibility index (Phi) is 7.67. The molecule has 0 spiro atoms. The lowest BCUT2D eigenvalue weighted by molar-refractivity contribution is -0.125. The van der Waals surface area contributed by atoms with Crippen LogP contribution in [0.2, 0.25) is 0 Å². The van der Waals surface area contributed by atoms with Gasteiger partial charge in [0.25, 0.3) is 5.91 Å². The zero-order chi connectivity index (χ0) is 22.6. The minimum atomic E-state index is -0.581. The molecule has 1 heterocycles. The van der Waals surface area contributed by atoms with Gasteiger partial charge in [-0.15, -0.1) is 0 Å². The number of rotatable bonds is 8. The predicted octanol–water partition coefficient (Wildman–Crippen LogP) is 2.60. The Bertz CT molecular complexity index is 792. The molecule has 0 radical (unpaired) electrons. The molecule has 8 heteroatoms. The number of amides is 2. The highest BCUT2D eigenvalue weighted by atomic mass is 19.1. The molecule has 1 saturated carbocycles. The average Bonchev–Trinajstić information content (AvgIpc) is 2.66. The van der Waals surface area contributed by atoms with Crippen molar-refractivity contribution in [2.24, 2.45) is 17.1 Å². The zero-order valence-corrected chi connectivity index (χ0v) is 18.8. The summed E-state index contributed by atoms with van der Waals surface area (Å²) in [5, 5.41) is 2.71. The molecule has 0 unspecified atom stereocenters. The Balaban J connectivity index is 1.71. The first kappa shape index (κ1) is 23.6. The molecule has 7 nitrogen and oxygen atoms in total. The summed E-state index contributed by atoms with van der Waals surface area (Å²) in [5.74, 6) is -0.506. The van der Waals surface area contributed by atoms with Gasteiger partial charge in [0, 0.05) is 31.9 Å². The highest BCUT2D eigenvalue weighted by molar-refractivity contribution is 5.97. The van der Waals surface area contributed by atoms with Crippen LogP contribution in [0.5, 0.6) is 0 Å². The summed E-state index contributed by atoms with van der Waals surface area (Å²) < 4.78 is 19.9. The number of carbonyl (C=O) groups excluding carboxylic acids is 2. The summed E-state index contributed by atoms with van der Waals surface area (Å²) >= 11 is 0. The number of hydrogen-bond donors (Lipinski definition) is 2. The van der Waals surface area contributed by atoms with Crippen LogP contribution in [-0.4, -0.2) is 62.1 Å².